The zero-order valence-electron chi connectivity index (χ0n) is 17.0. The molecule has 2 N–H and O–H groups in total. The molecule has 9 nitrogen and oxygen atoms in total. The topological polar surface area (TPSA) is 119 Å². The van der Waals surface area contributed by atoms with Crippen LogP contribution < -0.4 is 16.2 Å². The smallest absolute Gasteiger partial charge is 0.261 e. The van der Waals surface area contributed by atoms with Crippen molar-refractivity contribution in [1.82, 2.24) is 25.1 Å². The van der Waals surface area contributed by atoms with Gasteiger partial charge in [-0.05, 0) is 24.1 Å². The lowest BCUT2D eigenvalue weighted by molar-refractivity contribution is -0.124. The Kier molecular flexibility index (Phi) is 6.61. The standard InChI is InChI=1S/C22H20N6O3S/c29-18(25-22-27-26-20(32-22)11-10-15-6-2-1-3-7-15)12-23-19(30)13-28-14-24-17-9-5-4-8-16(17)21(28)31/h1-9,14H,10-13H2,(H,23,30)(H,25,27,29). The Bertz CT molecular complexity index is 1300. The van der Waals surface area contributed by atoms with E-state index in [1.54, 1.807) is 24.3 Å². The van der Waals surface area contributed by atoms with Crippen LogP contribution in [0.2, 0.25) is 0 Å². The molecular formula is C22H20N6O3S. The summed E-state index contributed by atoms with van der Waals surface area (Å²) in [5.41, 5.74) is 1.46. The summed E-state index contributed by atoms with van der Waals surface area (Å²) in [6, 6.07) is 17.0. The van der Waals surface area contributed by atoms with Crippen molar-refractivity contribution < 1.29 is 9.59 Å². The van der Waals surface area contributed by atoms with E-state index in [0.29, 0.717) is 16.0 Å². The highest BCUT2D eigenvalue weighted by molar-refractivity contribution is 7.15. The van der Waals surface area contributed by atoms with Gasteiger partial charge >= 0.3 is 0 Å². The number of nitrogens with one attached hydrogen (secondary N) is 2. The Labute approximate surface area is 187 Å². The maximum absolute atomic E-state index is 12.4. The number of anilines is 1. The third-order valence-corrected chi connectivity index (χ3v) is 5.57. The lowest BCUT2D eigenvalue weighted by Gasteiger charge is -2.07. The molecule has 0 bridgehead atoms. The summed E-state index contributed by atoms with van der Waals surface area (Å²) in [6.07, 6.45) is 2.88. The van der Waals surface area contributed by atoms with Gasteiger partial charge in [0, 0.05) is 6.42 Å². The number of para-hydroxylation sites is 1. The molecule has 4 aromatic rings. The molecule has 0 aliphatic carbocycles. The lowest BCUT2D eigenvalue weighted by atomic mass is 10.1. The normalized spacial score (nSPS) is 10.8. The van der Waals surface area contributed by atoms with Gasteiger partial charge in [0.15, 0.2) is 0 Å². The molecule has 162 valence electrons. The molecule has 2 amide bonds. The number of hydrogen-bond acceptors (Lipinski definition) is 7. The van der Waals surface area contributed by atoms with Gasteiger partial charge in [-0.25, -0.2) is 4.98 Å². The van der Waals surface area contributed by atoms with E-state index in [0.717, 1.165) is 17.8 Å². The summed E-state index contributed by atoms with van der Waals surface area (Å²) in [5.74, 6) is -0.895. The number of nitrogens with zero attached hydrogens (tertiary/aromatic N) is 4. The van der Waals surface area contributed by atoms with Gasteiger partial charge in [0.1, 0.15) is 11.6 Å². The van der Waals surface area contributed by atoms with Gasteiger partial charge in [0.05, 0.1) is 23.8 Å². The van der Waals surface area contributed by atoms with Crippen LogP contribution in [-0.2, 0) is 29.0 Å². The van der Waals surface area contributed by atoms with Crippen molar-refractivity contribution in [2.75, 3.05) is 11.9 Å². The Morgan fingerprint density at radius 2 is 1.72 bits per heavy atom. The number of carbonyl (C=O) groups is 2. The Balaban J connectivity index is 1.25. The molecule has 0 radical (unpaired) electrons. The first-order valence-electron chi connectivity index (χ1n) is 9.95. The third kappa shape index (κ3) is 5.41. The van der Waals surface area contributed by atoms with Gasteiger partial charge in [-0.2, -0.15) is 0 Å². The van der Waals surface area contributed by atoms with Crippen molar-refractivity contribution >= 4 is 39.2 Å². The van der Waals surface area contributed by atoms with Crippen molar-refractivity contribution in [2.45, 2.75) is 19.4 Å². The van der Waals surface area contributed by atoms with Crippen LogP contribution in [-0.4, -0.2) is 38.1 Å². The van der Waals surface area contributed by atoms with Crippen molar-refractivity contribution in [3.63, 3.8) is 0 Å². The second-order valence-electron chi connectivity index (χ2n) is 7.01. The number of aryl methyl sites for hydroxylation is 2. The van der Waals surface area contributed by atoms with E-state index in [1.165, 1.54) is 27.8 Å². The van der Waals surface area contributed by atoms with Crippen molar-refractivity contribution in [2.24, 2.45) is 0 Å². The van der Waals surface area contributed by atoms with Crippen LogP contribution >= 0.6 is 11.3 Å². The minimum atomic E-state index is -0.472. The Morgan fingerprint density at radius 1 is 0.938 bits per heavy atom. The highest BCUT2D eigenvalue weighted by Gasteiger charge is 2.12. The second kappa shape index (κ2) is 9.92. The average molecular weight is 449 g/mol. The molecule has 0 spiro atoms. The molecule has 0 unspecified atom stereocenters. The Morgan fingerprint density at radius 3 is 2.56 bits per heavy atom. The molecule has 10 heteroatoms. The van der Waals surface area contributed by atoms with Gasteiger partial charge in [0.25, 0.3) is 5.56 Å². The maximum atomic E-state index is 12.4. The zero-order chi connectivity index (χ0) is 22.3. The molecule has 2 heterocycles. The zero-order valence-corrected chi connectivity index (χ0v) is 17.8. The molecule has 0 aliphatic rings. The van der Waals surface area contributed by atoms with Crippen molar-refractivity contribution in [1.29, 1.82) is 0 Å². The van der Waals surface area contributed by atoms with E-state index in [9.17, 15) is 14.4 Å². The fraction of sp³-hybridized carbons (Fsp3) is 0.182. The molecular weight excluding hydrogens is 428 g/mol. The van der Waals surface area contributed by atoms with E-state index in [1.807, 2.05) is 18.2 Å². The number of hydrogen-bond donors (Lipinski definition) is 2. The third-order valence-electron chi connectivity index (χ3n) is 4.68. The summed E-state index contributed by atoms with van der Waals surface area (Å²) in [7, 11) is 0. The van der Waals surface area contributed by atoms with Crippen LogP contribution in [0.15, 0.2) is 65.7 Å². The molecule has 0 saturated carbocycles. The first-order chi connectivity index (χ1) is 15.6. The van der Waals surface area contributed by atoms with E-state index in [2.05, 4.69) is 37.9 Å². The van der Waals surface area contributed by atoms with Gasteiger partial charge in [0.2, 0.25) is 16.9 Å². The predicted octanol–water partition coefficient (Wildman–Crippen LogP) is 1.79. The summed E-state index contributed by atoms with van der Waals surface area (Å²) >= 11 is 1.30. The largest absolute Gasteiger partial charge is 0.345 e. The van der Waals surface area contributed by atoms with Crippen LogP contribution in [0.25, 0.3) is 10.9 Å². The SMILES string of the molecule is O=C(Cn1cnc2ccccc2c1=O)NCC(=O)Nc1nnc(CCc2ccccc2)s1. The number of fused-ring (bicyclic) bond motifs is 1. The van der Waals surface area contributed by atoms with Crippen LogP contribution in [0.1, 0.15) is 10.6 Å². The number of rotatable bonds is 8. The average Bonchev–Trinajstić information content (AvgIpc) is 3.26. The van der Waals surface area contributed by atoms with E-state index < -0.39 is 11.8 Å². The number of aromatic nitrogens is 4. The fourth-order valence-electron chi connectivity index (χ4n) is 3.07. The highest BCUT2D eigenvalue weighted by atomic mass is 32.1. The molecule has 0 saturated heterocycles. The lowest BCUT2D eigenvalue weighted by Crippen LogP contribution is -2.37. The molecule has 2 aromatic heterocycles. The van der Waals surface area contributed by atoms with E-state index >= 15 is 0 Å². The molecule has 0 fully saturated rings. The van der Waals surface area contributed by atoms with E-state index in [-0.39, 0.29) is 18.6 Å². The van der Waals surface area contributed by atoms with Gasteiger partial charge in [-0.15, -0.1) is 10.2 Å². The first kappa shape index (κ1) is 21.3. The van der Waals surface area contributed by atoms with Crippen LogP contribution in [0, 0.1) is 0 Å². The van der Waals surface area contributed by atoms with Crippen LogP contribution in [0.3, 0.4) is 0 Å². The summed E-state index contributed by atoms with van der Waals surface area (Å²) < 4.78 is 1.21. The van der Waals surface area contributed by atoms with Gasteiger partial charge in [-0.1, -0.05) is 53.8 Å². The molecule has 2 aromatic carbocycles. The number of carbonyl (C=O) groups excluding carboxylic acids is 2. The quantitative estimate of drug-likeness (QED) is 0.424. The van der Waals surface area contributed by atoms with Gasteiger partial charge in [-0.3, -0.25) is 24.3 Å². The minimum Gasteiger partial charge on any atom is -0.345 e. The summed E-state index contributed by atoms with van der Waals surface area (Å²) in [4.78, 5) is 40.9. The van der Waals surface area contributed by atoms with Crippen molar-refractivity contribution in [3.05, 3.63) is 81.8 Å². The second-order valence-corrected chi connectivity index (χ2v) is 8.07. The Hall–Kier alpha value is -3.92. The molecule has 32 heavy (non-hydrogen) atoms. The number of amides is 2. The minimum absolute atomic E-state index is 0.230. The predicted molar refractivity (Wildman–Crippen MR) is 121 cm³/mol. The summed E-state index contributed by atoms with van der Waals surface area (Å²) in [6.45, 7) is -0.472. The van der Waals surface area contributed by atoms with Crippen molar-refractivity contribution in [3.8, 4) is 0 Å². The molecule has 4 rings (SSSR count). The van der Waals surface area contributed by atoms with Gasteiger partial charge < -0.3 is 5.32 Å². The monoisotopic (exact) mass is 448 g/mol. The molecule has 0 atom stereocenters. The molecule has 0 aliphatic heterocycles. The van der Waals surface area contributed by atoms with Crippen LogP contribution in [0.5, 0.6) is 0 Å². The van der Waals surface area contributed by atoms with E-state index in [4.69, 9.17) is 0 Å². The van der Waals surface area contributed by atoms with Crippen LogP contribution in [0.4, 0.5) is 5.13 Å². The summed E-state index contributed by atoms with van der Waals surface area (Å²) in [5, 5.41) is 14.8. The fourth-order valence-corrected chi connectivity index (χ4v) is 3.83. The maximum Gasteiger partial charge on any atom is 0.261 e. The highest BCUT2D eigenvalue weighted by Crippen LogP contribution is 2.17. The first-order valence-corrected chi connectivity index (χ1v) is 10.8. The number of benzene rings is 2.